The molecule has 0 aromatic carbocycles. The minimum absolute atomic E-state index is 0.132. The maximum absolute atomic E-state index is 11.4. The molecule has 0 aliphatic carbocycles. The molecule has 0 fully saturated rings. The zero-order chi connectivity index (χ0) is 8.72. The standard InChI is InChI=1S/C6H5IN4O/c1-10-2-3-11-4(5(10)12)8-9-6(11)7/h2-3H,1H3. The second-order valence-corrected chi connectivity index (χ2v) is 3.34. The van der Waals surface area contributed by atoms with Gasteiger partial charge >= 0.3 is 0 Å². The van der Waals surface area contributed by atoms with Gasteiger partial charge in [0.05, 0.1) is 0 Å². The van der Waals surface area contributed by atoms with E-state index in [-0.39, 0.29) is 5.56 Å². The van der Waals surface area contributed by atoms with Crippen molar-refractivity contribution in [1.29, 1.82) is 0 Å². The Hall–Kier alpha value is -0.920. The predicted molar refractivity (Wildman–Crippen MR) is 50.9 cm³/mol. The molecule has 0 radical (unpaired) electrons. The molecule has 0 aliphatic rings. The molecule has 62 valence electrons. The first-order valence-electron chi connectivity index (χ1n) is 3.26. The molecule has 0 N–H and O–H groups in total. The number of aromatic nitrogens is 4. The Morgan fingerprint density at radius 3 is 2.92 bits per heavy atom. The van der Waals surface area contributed by atoms with Crippen LogP contribution in [0.2, 0.25) is 0 Å². The van der Waals surface area contributed by atoms with Crippen LogP contribution in [-0.4, -0.2) is 19.2 Å². The second-order valence-electron chi connectivity index (χ2n) is 2.38. The van der Waals surface area contributed by atoms with E-state index in [0.717, 1.165) is 0 Å². The first-order chi connectivity index (χ1) is 5.70. The van der Waals surface area contributed by atoms with Crippen molar-refractivity contribution < 1.29 is 0 Å². The van der Waals surface area contributed by atoms with Crippen molar-refractivity contribution in [2.75, 3.05) is 0 Å². The molecular weight excluding hydrogens is 271 g/mol. The van der Waals surface area contributed by atoms with Gasteiger partial charge in [-0.25, -0.2) is 0 Å². The first-order valence-corrected chi connectivity index (χ1v) is 4.34. The van der Waals surface area contributed by atoms with E-state index in [1.807, 2.05) is 22.6 Å². The van der Waals surface area contributed by atoms with Crippen LogP contribution in [0.4, 0.5) is 0 Å². The molecule has 0 bridgehead atoms. The topological polar surface area (TPSA) is 52.2 Å². The molecule has 0 atom stereocenters. The largest absolute Gasteiger partial charge is 0.314 e. The van der Waals surface area contributed by atoms with Gasteiger partial charge in [-0.05, 0) is 0 Å². The van der Waals surface area contributed by atoms with Crippen molar-refractivity contribution in [3.63, 3.8) is 0 Å². The van der Waals surface area contributed by atoms with E-state index in [0.29, 0.717) is 9.48 Å². The van der Waals surface area contributed by atoms with E-state index in [2.05, 4.69) is 10.2 Å². The summed E-state index contributed by atoms with van der Waals surface area (Å²) in [6, 6.07) is 0. The summed E-state index contributed by atoms with van der Waals surface area (Å²) in [5, 5.41) is 7.53. The summed E-state index contributed by atoms with van der Waals surface area (Å²) in [4.78, 5) is 11.4. The summed E-state index contributed by atoms with van der Waals surface area (Å²) in [5.74, 6) is 0. The molecule has 0 aliphatic heterocycles. The fraction of sp³-hybridized carbons (Fsp3) is 0.167. The van der Waals surface area contributed by atoms with E-state index in [9.17, 15) is 4.79 Å². The van der Waals surface area contributed by atoms with E-state index >= 15 is 0 Å². The Labute approximate surface area is 81.2 Å². The molecule has 5 nitrogen and oxygen atoms in total. The van der Waals surface area contributed by atoms with Gasteiger partial charge in [-0.2, -0.15) is 0 Å². The molecule has 2 aromatic rings. The smallest absolute Gasteiger partial charge is 0.295 e. The molecule has 0 saturated heterocycles. The number of aryl methyl sites for hydroxylation is 1. The van der Waals surface area contributed by atoms with Gasteiger partial charge in [-0.1, -0.05) is 0 Å². The molecule has 0 amide bonds. The maximum Gasteiger partial charge on any atom is 0.295 e. The van der Waals surface area contributed by atoms with Gasteiger partial charge < -0.3 is 4.57 Å². The third-order valence-corrected chi connectivity index (χ3v) is 2.34. The number of hydrogen-bond acceptors (Lipinski definition) is 3. The van der Waals surface area contributed by atoms with Gasteiger partial charge in [0.2, 0.25) is 5.65 Å². The Bertz CT molecular complexity index is 486. The van der Waals surface area contributed by atoms with Gasteiger partial charge in [-0.3, -0.25) is 9.20 Å². The summed E-state index contributed by atoms with van der Waals surface area (Å²) in [6.45, 7) is 0. The minimum atomic E-state index is -0.132. The first kappa shape index (κ1) is 7.71. The van der Waals surface area contributed by atoms with Crippen molar-refractivity contribution in [2.45, 2.75) is 0 Å². The van der Waals surface area contributed by atoms with Crippen molar-refractivity contribution in [1.82, 2.24) is 19.2 Å². The second kappa shape index (κ2) is 2.54. The van der Waals surface area contributed by atoms with Gasteiger partial charge in [0.25, 0.3) is 5.56 Å². The van der Waals surface area contributed by atoms with Crippen LogP contribution >= 0.6 is 22.6 Å². The average Bonchev–Trinajstić information content (AvgIpc) is 2.41. The van der Waals surface area contributed by atoms with E-state index in [4.69, 9.17) is 0 Å². The SMILES string of the molecule is Cn1ccn2c(I)nnc2c1=O. The highest BCUT2D eigenvalue weighted by atomic mass is 127. The van der Waals surface area contributed by atoms with Gasteiger partial charge in [0.15, 0.2) is 3.83 Å². The monoisotopic (exact) mass is 276 g/mol. The van der Waals surface area contributed by atoms with E-state index < -0.39 is 0 Å². The molecule has 0 saturated carbocycles. The van der Waals surface area contributed by atoms with Crippen LogP contribution < -0.4 is 5.56 Å². The molecule has 0 unspecified atom stereocenters. The third-order valence-electron chi connectivity index (χ3n) is 1.61. The Morgan fingerprint density at radius 2 is 2.17 bits per heavy atom. The summed E-state index contributed by atoms with van der Waals surface area (Å²) < 4.78 is 3.82. The lowest BCUT2D eigenvalue weighted by atomic mass is 10.6. The fourth-order valence-corrected chi connectivity index (χ4v) is 1.44. The highest BCUT2D eigenvalue weighted by Crippen LogP contribution is 2.00. The van der Waals surface area contributed by atoms with E-state index in [1.165, 1.54) is 4.57 Å². The van der Waals surface area contributed by atoms with Crippen LogP contribution in [0.25, 0.3) is 5.65 Å². The fourth-order valence-electron chi connectivity index (χ4n) is 0.942. The molecule has 2 aromatic heterocycles. The number of nitrogens with zero attached hydrogens (tertiary/aromatic N) is 4. The molecule has 0 spiro atoms. The highest BCUT2D eigenvalue weighted by molar-refractivity contribution is 14.1. The van der Waals surface area contributed by atoms with Gasteiger partial charge in [-0.15, -0.1) is 10.2 Å². The van der Waals surface area contributed by atoms with Gasteiger partial charge in [0, 0.05) is 42.0 Å². The average molecular weight is 276 g/mol. The van der Waals surface area contributed by atoms with Crippen LogP contribution in [0.15, 0.2) is 17.2 Å². The minimum Gasteiger partial charge on any atom is -0.314 e. The lowest BCUT2D eigenvalue weighted by molar-refractivity contribution is 0.839. The zero-order valence-corrected chi connectivity index (χ0v) is 8.39. The lowest BCUT2D eigenvalue weighted by Gasteiger charge is -1.95. The molecule has 2 heterocycles. The lowest BCUT2D eigenvalue weighted by Crippen LogP contribution is -2.18. The molecule has 6 heteroatoms. The van der Waals surface area contributed by atoms with Crippen molar-refractivity contribution in [3.05, 3.63) is 26.6 Å². The Morgan fingerprint density at radius 1 is 1.42 bits per heavy atom. The highest BCUT2D eigenvalue weighted by Gasteiger charge is 2.05. The van der Waals surface area contributed by atoms with Crippen molar-refractivity contribution in [2.24, 2.45) is 7.05 Å². The predicted octanol–water partition coefficient (Wildman–Crippen LogP) is 0.0326. The van der Waals surface area contributed by atoms with Crippen LogP contribution in [0, 0.1) is 3.83 Å². The summed E-state index contributed by atoms with van der Waals surface area (Å²) in [5.41, 5.74) is 0.234. The molecular formula is C6H5IN4O. The third kappa shape index (κ3) is 0.942. The van der Waals surface area contributed by atoms with Crippen LogP contribution in [-0.2, 0) is 7.05 Å². The van der Waals surface area contributed by atoms with Crippen LogP contribution in [0.3, 0.4) is 0 Å². The molecule has 12 heavy (non-hydrogen) atoms. The summed E-state index contributed by atoms with van der Waals surface area (Å²) in [6.07, 6.45) is 3.44. The van der Waals surface area contributed by atoms with Gasteiger partial charge in [0.1, 0.15) is 0 Å². The Balaban J connectivity index is 3.03. The molecule has 2 rings (SSSR count). The summed E-state index contributed by atoms with van der Waals surface area (Å²) >= 11 is 2.02. The number of hydrogen-bond donors (Lipinski definition) is 0. The number of rotatable bonds is 0. The summed E-state index contributed by atoms with van der Waals surface area (Å²) in [7, 11) is 1.68. The number of fused-ring (bicyclic) bond motifs is 1. The van der Waals surface area contributed by atoms with Crippen LogP contribution in [0.1, 0.15) is 0 Å². The van der Waals surface area contributed by atoms with E-state index in [1.54, 1.807) is 23.8 Å². The maximum atomic E-state index is 11.4. The van der Waals surface area contributed by atoms with Crippen molar-refractivity contribution >= 4 is 28.2 Å². The Kier molecular flexibility index (Phi) is 1.63. The quantitative estimate of drug-likeness (QED) is 0.638. The number of halogens is 1. The van der Waals surface area contributed by atoms with Crippen molar-refractivity contribution in [3.8, 4) is 0 Å². The zero-order valence-electron chi connectivity index (χ0n) is 6.23. The van der Waals surface area contributed by atoms with Crippen LogP contribution in [0.5, 0.6) is 0 Å². The normalized spacial score (nSPS) is 10.8.